The number of hydrogen-bond acceptors (Lipinski definition) is 16. The Kier molecular flexibility index (Phi) is 22.7. The van der Waals surface area contributed by atoms with Crippen LogP contribution in [0, 0.1) is 11.8 Å². The van der Waals surface area contributed by atoms with Gasteiger partial charge in [0.15, 0.2) is 0 Å². The normalized spacial score (nSPS) is 13.4. The molecule has 1 aromatic rings. The summed E-state index contributed by atoms with van der Waals surface area (Å²) in [5.41, 5.74) is 1.19. The first kappa shape index (κ1) is 51.3. The topological polar surface area (TPSA) is 309 Å². The molecule has 7 amide bonds. The summed E-state index contributed by atoms with van der Waals surface area (Å²) in [5.74, 6) is -4.49. The van der Waals surface area contributed by atoms with Gasteiger partial charge in [0.2, 0.25) is 17.7 Å². The minimum absolute atomic E-state index is 0.0339. The molecule has 61 heavy (non-hydrogen) atoms. The Labute approximate surface area is 353 Å². The summed E-state index contributed by atoms with van der Waals surface area (Å²) in [4.78, 5) is 113. The number of benzene rings is 1. The summed E-state index contributed by atoms with van der Waals surface area (Å²) in [7, 11) is -4.31. The summed E-state index contributed by atoms with van der Waals surface area (Å²) in [5, 5.41) is 10.5. The first-order valence-electron chi connectivity index (χ1n) is 19.5. The van der Waals surface area contributed by atoms with E-state index in [0.29, 0.717) is 17.2 Å². The third kappa shape index (κ3) is 21.3. The zero-order valence-electron chi connectivity index (χ0n) is 34.5. The van der Waals surface area contributed by atoms with E-state index in [1.165, 1.54) is 0 Å². The summed E-state index contributed by atoms with van der Waals surface area (Å²) < 4.78 is 48.1. The van der Waals surface area contributed by atoms with E-state index in [4.69, 9.17) is 23.8 Å². The van der Waals surface area contributed by atoms with Crippen LogP contribution in [0.5, 0.6) is 0 Å². The SMILES string of the molecule is CCC(C)C(=O)OCc1ccc(NC(=O)CNC(=O)C(NC(=O)OCCOCCNS(=O)(=O)NC(=O)OCCCNC(=O)CCCC(=O)ON2C(=O)CCC2=O)C(C)C)cc1. The first-order valence-corrected chi connectivity index (χ1v) is 21.0. The van der Waals surface area contributed by atoms with Crippen LogP contribution in [0.1, 0.15) is 78.2 Å². The van der Waals surface area contributed by atoms with Gasteiger partial charge in [-0.05, 0) is 42.9 Å². The molecule has 2 atom stereocenters. The average molecular weight is 886 g/mol. The fraction of sp³-hybridized carbons (Fsp3) is 0.595. The lowest BCUT2D eigenvalue weighted by Gasteiger charge is -2.21. The van der Waals surface area contributed by atoms with Crippen LogP contribution in [0.4, 0.5) is 15.3 Å². The Hall–Kier alpha value is -5.88. The lowest BCUT2D eigenvalue weighted by Crippen LogP contribution is -2.51. The van der Waals surface area contributed by atoms with Crippen molar-refractivity contribution in [2.45, 2.75) is 85.3 Å². The number of nitrogens with zero attached hydrogens (tertiary/aromatic N) is 1. The van der Waals surface area contributed by atoms with Crippen molar-refractivity contribution in [3.63, 3.8) is 0 Å². The van der Waals surface area contributed by atoms with Gasteiger partial charge in [-0.2, -0.15) is 13.1 Å². The molecule has 24 heteroatoms. The predicted octanol–water partition coefficient (Wildman–Crippen LogP) is 0.442. The van der Waals surface area contributed by atoms with E-state index in [1.54, 1.807) is 49.8 Å². The third-order valence-electron chi connectivity index (χ3n) is 8.36. The van der Waals surface area contributed by atoms with Crippen molar-refractivity contribution in [1.29, 1.82) is 0 Å². The van der Waals surface area contributed by atoms with E-state index >= 15 is 0 Å². The molecular formula is C37H55N7O16S. The highest BCUT2D eigenvalue weighted by Gasteiger charge is 2.32. The number of carbonyl (C=O) groups is 9. The number of hydrogen-bond donors (Lipinski definition) is 6. The number of carbonyl (C=O) groups excluding carboxylic acids is 9. The van der Waals surface area contributed by atoms with Crippen LogP contribution in [0.25, 0.3) is 0 Å². The molecule has 1 aliphatic rings. The predicted molar refractivity (Wildman–Crippen MR) is 211 cm³/mol. The van der Waals surface area contributed by atoms with E-state index in [2.05, 4.69) is 26.0 Å². The van der Waals surface area contributed by atoms with Crippen molar-refractivity contribution in [1.82, 2.24) is 30.5 Å². The molecular weight excluding hydrogens is 831 g/mol. The van der Waals surface area contributed by atoms with E-state index in [0.717, 1.165) is 5.56 Å². The minimum atomic E-state index is -4.31. The largest absolute Gasteiger partial charge is 0.461 e. The lowest BCUT2D eigenvalue weighted by molar-refractivity contribution is -0.197. The second kappa shape index (κ2) is 27.1. The molecule has 0 radical (unpaired) electrons. The standard InChI is InChI=1S/C37H55N7O16S/c1-5-25(4)35(51)59-23-26-10-12-27(13-11-26)41-29(46)22-39-34(50)33(24(2)3)42-36(52)58-21-20-56-19-17-40-61(54,55)43-37(53)57-18-7-16-38-28(45)8-6-9-32(49)60-44-30(47)14-15-31(44)48/h10-13,24-25,33,40H,5-9,14-23H2,1-4H3,(H,38,45)(H,39,50)(H,41,46)(H,42,52)(H,43,53). The number of amides is 7. The van der Waals surface area contributed by atoms with Crippen molar-refractivity contribution in [3.8, 4) is 0 Å². The Morgan fingerprint density at radius 2 is 1.44 bits per heavy atom. The number of ether oxygens (including phenoxy) is 4. The van der Waals surface area contributed by atoms with Gasteiger partial charge in [0, 0.05) is 44.5 Å². The van der Waals surface area contributed by atoms with Crippen LogP contribution in [0.3, 0.4) is 0 Å². The number of hydroxylamine groups is 2. The molecule has 1 heterocycles. The molecule has 0 bridgehead atoms. The van der Waals surface area contributed by atoms with E-state index < -0.39 is 63.9 Å². The number of esters is 1. The molecule has 2 unspecified atom stereocenters. The highest BCUT2D eigenvalue weighted by molar-refractivity contribution is 7.88. The van der Waals surface area contributed by atoms with Crippen molar-refractivity contribution in [2.24, 2.45) is 11.8 Å². The Bertz CT molecular complexity index is 1780. The summed E-state index contributed by atoms with van der Waals surface area (Å²) in [6.07, 6.45) is -1.63. The maximum atomic E-state index is 12.8. The molecule has 340 valence electrons. The van der Waals surface area contributed by atoms with Crippen molar-refractivity contribution >= 4 is 69.6 Å². The fourth-order valence-corrected chi connectivity index (χ4v) is 5.51. The van der Waals surface area contributed by atoms with Gasteiger partial charge in [0.25, 0.3) is 11.8 Å². The highest BCUT2D eigenvalue weighted by Crippen LogP contribution is 2.14. The van der Waals surface area contributed by atoms with Crippen LogP contribution in [0.2, 0.25) is 0 Å². The number of anilines is 1. The van der Waals surface area contributed by atoms with Gasteiger partial charge in [-0.1, -0.05) is 39.8 Å². The molecule has 0 aromatic heterocycles. The summed E-state index contributed by atoms with van der Waals surface area (Å²) in [6.45, 7) is 5.76. The zero-order chi connectivity index (χ0) is 45.4. The third-order valence-corrected chi connectivity index (χ3v) is 9.38. The van der Waals surface area contributed by atoms with E-state index in [1.807, 2.05) is 6.92 Å². The first-order chi connectivity index (χ1) is 28.9. The molecule has 0 saturated carbocycles. The highest BCUT2D eigenvalue weighted by atomic mass is 32.2. The van der Waals surface area contributed by atoms with Gasteiger partial charge in [-0.25, -0.2) is 19.1 Å². The van der Waals surface area contributed by atoms with Gasteiger partial charge in [-0.3, -0.25) is 28.8 Å². The van der Waals surface area contributed by atoms with Gasteiger partial charge in [0.05, 0.1) is 32.3 Å². The summed E-state index contributed by atoms with van der Waals surface area (Å²) in [6, 6.07) is 5.60. The zero-order valence-corrected chi connectivity index (χ0v) is 35.4. The van der Waals surface area contributed by atoms with Crippen LogP contribution in [-0.4, -0.2) is 119 Å². The Morgan fingerprint density at radius 3 is 2.10 bits per heavy atom. The van der Waals surface area contributed by atoms with Gasteiger partial charge in [-0.15, -0.1) is 5.06 Å². The molecule has 6 N–H and O–H groups in total. The van der Waals surface area contributed by atoms with Crippen molar-refractivity contribution in [2.75, 3.05) is 51.4 Å². The Morgan fingerprint density at radius 1 is 0.770 bits per heavy atom. The van der Waals surface area contributed by atoms with Crippen LogP contribution < -0.4 is 30.7 Å². The van der Waals surface area contributed by atoms with Gasteiger partial charge < -0.3 is 45.1 Å². The molecule has 1 aliphatic heterocycles. The van der Waals surface area contributed by atoms with Crippen LogP contribution >= 0.6 is 0 Å². The quantitative estimate of drug-likeness (QED) is 0.0302. The minimum Gasteiger partial charge on any atom is -0.461 e. The van der Waals surface area contributed by atoms with Gasteiger partial charge >= 0.3 is 34.3 Å². The summed E-state index contributed by atoms with van der Waals surface area (Å²) >= 11 is 0. The molecule has 1 aromatic carbocycles. The number of rotatable bonds is 27. The fourth-order valence-electron chi connectivity index (χ4n) is 4.80. The second-order valence-electron chi connectivity index (χ2n) is 13.7. The monoisotopic (exact) mass is 885 g/mol. The maximum Gasteiger partial charge on any atom is 0.421 e. The number of nitrogens with one attached hydrogen (secondary N) is 6. The maximum absolute atomic E-state index is 12.8. The van der Waals surface area contributed by atoms with Crippen LogP contribution in [-0.2, 0) is 74.2 Å². The molecule has 1 fully saturated rings. The Balaban J connectivity index is 1.52. The van der Waals surface area contributed by atoms with E-state index in [-0.39, 0.29) is 109 Å². The van der Waals surface area contributed by atoms with E-state index in [9.17, 15) is 51.6 Å². The molecule has 2 rings (SSSR count). The molecule has 1 saturated heterocycles. The lowest BCUT2D eigenvalue weighted by atomic mass is 10.0. The van der Waals surface area contributed by atoms with Crippen LogP contribution in [0.15, 0.2) is 24.3 Å². The van der Waals surface area contributed by atoms with Crippen molar-refractivity contribution in [3.05, 3.63) is 29.8 Å². The number of alkyl carbamates (subject to hydrolysis) is 1. The molecule has 0 aliphatic carbocycles. The van der Waals surface area contributed by atoms with Crippen molar-refractivity contribution < 1.29 is 75.4 Å². The number of imide groups is 1. The second-order valence-corrected chi connectivity index (χ2v) is 15.2. The average Bonchev–Trinajstić information content (AvgIpc) is 3.52. The molecule has 23 nitrogen and oxygen atoms in total. The molecule has 0 spiro atoms. The smallest absolute Gasteiger partial charge is 0.421 e. The van der Waals surface area contributed by atoms with Gasteiger partial charge in [0.1, 0.15) is 19.3 Å².